The van der Waals surface area contributed by atoms with Gasteiger partial charge in [0.2, 0.25) is 0 Å². The third kappa shape index (κ3) is 4.48. The Bertz CT molecular complexity index is 624. The number of anilines is 1. The highest BCUT2D eigenvalue weighted by atomic mass is 35.5. The SMILES string of the molecule is CCCNc1ccc(Cl)cc1C(=O)NCc1ccc(C)s1. The fourth-order valence-corrected chi connectivity index (χ4v) is 2.96. The number of amides is 1. The van der Waals surface area contributed by atoms with Crippen LogP contribution < -0.4 is 10.6 Å². The second kappa shape index (κ2) is 7.48. The number of aryl methyl sites for hydroxylation is 1. The summed E-state index contributed by atoms with van der Waals surface area (Å²) in [5.41, 5.74) is 1.41. The van der Waals surface area contributed by atoms with Gasteiger partial charge in [-0.15, -0.1) is 11.3 Å². The predicted octanol–water partition coefficient (Wildman–Crippen LogP) is 4.46. The third-order valence-corrected chi connectivity index (χ3v) is 4.25. The van der Waals surface area contributed by atoms with Crippen LogP contribution in [0.1, 0.15) is 33.5 Å². The predicted molar refractivity (Wildman–Crippen MR) is 90.5 cm³/mol. The van der Waals surface area contributed by atoms with E-state index in [1.165, 1.54) is 4.88 Å². The molecule has 3 nitrogen and oxygen atoms in total. The molecule has 0 saturated carbocycles. The summed E-state index contributed by atoms with van der Waals surface area (Å²) in [5, 5.41) is 6.77. The molecular formula is C16H19ClN2OS. The zero-order chi connectivity index (χ0) is 15.2. The van der Waals surface area contributed by atoms with E-state index in [2.05, 4.69) is 30.5 Å². The van der Waals surface area contributed by atoms with Crippen molar-refractivity contribution in [2.75, 3.05) is 11.9 Å². The first kappa shape index (κ1) is 15.9. The van der Waals surface area contributed by atoms with Gasteiger partial charge in [0.1, 0.15) is 0 Å². The molecule has 5 heteroatoms. The molecule has 2 rings (SSSR count). The molecule has 2 N–H and O–H groups in total. The minimum absolute atomic E-state index is 0.109. The van der Waals surface area contributed by atoms with Gasteiger partial charge >= 0.3 is 0 Å². The van der Waals surface area contributed by atoms with E-state index in [4.69, 9.17) is 11.6 Å². The van der Waals surface area contributed by atoms with Gasteiger partial charge < -0.3 is 10.6 Å². The van der Waals surface area contributed by atoms with Gasteiger partial charge in [0.25, 0.3) is 5.91 Å². The maximum absolute atomic E-state index is 12.4. The average Bonchev–Trinajstić information content (AvgIpc) is 2.89. The number of nitrogens with one attached hydrogen (secondary N) is 2. The van der Waals surface area contributed by atoms with Gasteiger partial charge in [0.15, 0.2) is 0 Å². The van der Waals surface area contributed by atoms with Crippen molar-refractivity contribution in [3.63, 3.8) is 0 Å². The quantitative estimate of drug-likeness (QED) is 0.824. The van der Waals surface area contributed by atoms with Crippen molar-refractivity contribution in [2.45, 2.75) is 26.8 Å². The zero-order valence-electron chi connectivity index (χ0n) is 12.2. The first-order valence-electron chi connectivity index (χ1n) is 6.97. The summed E-state index contributed by atoms with van der Waals surface area (Å²) in [7, 11) is 0. The Hall–Kier alpha value is -1.52. The molecular weight excluding hydrogens is 304 g/mol. The molecule has 0 aliphatic carbocycles. The van der Waals surface area contributed by atoms with E-state index in [0.29, 0.717) is 17.1 Å². The first-order chi connectivity index (χ1) is 10.1. The summed E-state index contributed by atoms with van der Waals surface area (Å²) >= 11 is 7.70. The van der Waals surface area contributed by atoms with Gasteiger partial charge in [-0.1, -0.05) is 18.5 Å². The van der Waals surface area contributed by atoms with Gasteiger partial charge in [-0.2, -0.15) is 0 Å². The summed E-state index contributed by atoms with van der Waals surface area (Å²) in [6, 6.07) is 9.43. The standard InChI is InChI=1S/C16H19ClN2OS/c1-3-8-18-15-7-5-12(17)9-14(15)16(20)19-10-13-6-4-11(2)21-13/h4-7,9,18H,3,8,10H2,1-2H3,(H,19,20). The highest BCUT2D eigenvalue weighted by Crippen LogP contribution is 2.21. The topological polar surface area (TPSA) is 41.1 Å². The van der Waals surface area contributed by atoms with Gasteiger partial charge in [0.05, 0.1) is 12.1 Å². The van der Waals surface area contributed by atoms with Crippen molar-refractivity contribution in [2.24, 2.45) is 0 Å². The third-order valence-electron chi connectivity index (χ3n) is 3.01. The second-order valence-electron chi connectivity index (χ2n) is 4.81. The van der Waals surface area contributed by atoms with Crippen LogP contribution in [0.15, 0.2) is 30.3 Å². The highest BCUT2D eigenvalue weighted by molar-refractivity contribution is 7.11. The van der Waals surface area contributed by atoms with Crippen molar-refractivity contribution in [3.05, 3.63) is 50.7 Å². The molecule has 2 aromatic rings. The number of halogens is 1. The Morgan fingerprint density at radius 1 is 1.29 bits per heavy atom. The van der Waals surface area contributed by atoms with Gasteiger partial charge in [0, 0.05) is 27.0 Å². The van der Waals surface area contributed by atoms with E-state index in [9.17, 15) is 4.79 Å². The van der Waals surface area contributed by atoms with Crippen molar-refractivity contribution >= 4 is 34.5 Å². The van der Waals surface area contributed by atoms with Crippen LogP contribution in [-0.2, 0) is 6.54 Å². The molecule has 0 aliphatic heterocycles. The molecule has 0 unspecified atom stereocenters. The lowest BCUT2D eigenvalue weighted by molar-refractivity contribution is 0.0952. The minimum Gasteiger partial charge on any atom is -0.384 e. The van der Waals surface area contributed by atoms with Gasteiger partial charge in [-0.05, 0) is 43.7 Å². The summed E-state index contributed by atoms with van der Waals surface area (Å²) < 4.78 is 0. The smallest absolute Gasteiger partial charge is 0.253 e. The van der Waals surface area contributed by atoms with E-state index in [1.54, 1.807) is 23.5 Å². The van der Waals surface area contributed by atoms with Crippen LogP contribution in [0.2, 0.25) is 5.02 Å². The molecule has 0 radical (unpaired) electrons. The van der Waals surface area contributed by atoms with Crippen molar-refractivity contribution in [3.8, 4) is 0 Å². The van der Waals surface area contributed by atoms with Gasteiger partial charge in [-0.25, -0.2) is 0 Å². The Morgan fingerprint density at radius 3 is 2.76 bits per heavy atom. The van der Waals surface area contributed by atoms with E-state index < -0.39 is 0 Å². The number of hydrogen-bond donors (Lipinski definition) is 2. The molecule has 0 aliphatic rings. The first-order valence-corrected chi connectivity index (χ1v) is 8.16. The summed E-state index contributed by atoms with van der Waals surface area (Å²) in [5.74, 6) is -0.109. The Morgan fingerprint density at radius 2 is 2.10 bits per heavy atom. The molecule has 1 heterocycles. The summed E-state index contributed by atoms with van der Waals surface area (Å²) in [4.78, 5) is 14.7. The molecule has 112 valence electrons. The molecule has 0 bridgehead atoms. The molecule has 1 amide bonds. The maximum Gasteiger partial charge on any atom is 0.253 e. The average molecular weight is 323 g/mol. The van der Waals surface area contributed by atoms with E-state index in [1.807, 2.05) is 12.1 Å². The van der Waals surface area contributed by atoms with Gasteiger partial charge in [-0.3, -0.25) is 4.79 Å². The fourth-order valence-electron chi connectivity index (χ4n) is 1.96. The Labute approximate surface area is 134 Å². The molecule has 0 fully saturated rings. The van der Waals surface area contributed by atoms with Crippen LogP contribution in [-0.4, -0.2) is 12.5 Å². The van der Waals surface area contributed by atoms with Crippen molar-refractivity contribution < 1.29 is 4.79 Å². The number of thiophene rings is 1. The molecule has 21 heavy (non-hydrogen) atoms. The van der Waals surface area contributed by atoms with Crippen LogP contribution in [0.4, 0.5) is 5.69 Å². The van der Waals surface area contributed by atoms with E-state index in [-0.39, 0.29) is 5.91 Å². The number of carbonyl (C=O) groups is 1. The van der Waals surface area contributed by atoms with Crippen molar-refractivity contribution in [1.82, 2.24) is 5.32 Å². The Balaban J connectivity index is 2.08. The van der Waals surface area contributed by atoms with Crippen LogP contribution in [0.25, 0.3) is 0 Å². The summed E-state index contributed by atoms with van der Waals surface area (Å²) in [6.07, 6.45) is 0.998. The minimum atomic E-state index is -0.109. The number of rotatable bonds is 6. The Kier molecular flexibility index (Phi) is 5.65. The van der Waals surface area contributed by atoms with Crippen LogP contribution >= 0.6 is 22.9 Å². The normalized spacial score (nSPS) is 10.4. The van der Waals surface area contributed by atoms with Crippen LogP contribution in [0, 0.1) is 6.92 Å². The lowest BCUT2D eigenvalue weighted by Gasteiger charge is -2.12. The lowest BCUT2D eigenvalue weighted by Crippen LogP contribution is -2.23. The number of benzene rings is 1. The molecule has 0 spiro atoms. The maximum atomic E-state index is 12.4. The molecule has 1 aromatic carbocycles. The second-order valence-corrected chi connectivity index (χ2v) is 6.62. The van der Waals surface area contributed by atoms with Crippen molar-refractivity contribution in [1.29, 1.82) is 0 Å². The van der Waals surface area contributed by atoms with Crippen LogP contribution in [0.5, 0.6) is 0 Å². The molecule has 1 aromatic heterocycles. The number of carbonyl (C=O) groups excluding carboxylic acids is 1. The summed E-state index contributed by atoms with van der Waals surface area (Å²) in [6.45, 7) is 5.50. The van der Waals surface area contributed by atoms with Crippen LogP contribution in [0.3, 0.4) is 0 Å². The largest absolute Gasteiger partial charge is 0.384 e. The lowest BCUT2D eigenvalue weighted by atomic mass is 10.1. The molecule has 0 atom stereocenters. The monoisotopic (exact) mass is 322 g/mol. The molecule has 0 saturated heterocycles. The number of hydrogen-bond acceptors (Lipinski definition) is 3. The van der Waals surface area contributed by atoms with E-state index >= 15 is 0 Å². The fraction of sp³-hybridized carbons (Fsp3) is 0.312. The zero-order valence-corrected chi connectivity index (χ0v) is 13.8. The highest BCUT2D eigenvalue weighted by Gasteiger charge is 2.12. The van der Waals surface area contributed by atoms with E-state index in [0.717, 1.165) is 23.5 Å².